The van der Waals surface area contributed by atoms with Crippen LogP contribution < -0.4 is 5.32 Å². The number of nitrogens with zero attached hydrogens (tertiary/aromatic N) is 2. The Morgan fingerprint density at radius 1 is 1.47 bits per heavy atom. The lowest BCUT2D eigenvalue weighted by atomic mass is 9.97. The van der Waals surface area contributed by atoms with E-state index in [1.165, 1.54) is 37.2 Å². The van der Waals surface area contributed by atoms with Crippen molar-refractivity contribution in [2.45, 2.75) is 46.2 Å². The first kappa shape index (κ1) is 14.5. The van der Waals surface area contributed by atoms with Gasteiger partial charge in [0.2, 0.25) is 0 Å². The minimum Gasteiger partial charge on any atom is -0.314 e. The van der Waals surface area contributed by atoms with Gasteiger partial charge < -0.3 is 5.32 Å². The fourth-order valence-corrected chi connectivity index (χ4v) is 2.76. The van der Waals surface area contributed by atoms with E-state index < -0.39 is 0 Å². The second-order valence-corrected chi connectivity index (χ2v) is 6.07. The molecule has 106 valence electrons. The first-order chi connectivity index (χ1) is 9.15. The zero-order valence-corrected chi connectivity index (χ0v) is 12.5. The molecular weight excluding hydrogens is 234 g/mol. The number of pyridine rings is 1. The summed E-state index contributed by atoms with van der Waals surface area (Å²) < 4.78 is 0. The monoisotopic (exact) mass is 261 g/mol. The maximum Gasteiger partial charge on any atom is 0.0573 e. The summed E-state index contributed by atoms with van der Waals surface area (Å²) in [7, 11) is 0. The van der Waals surface area contributed by atoms with Crippen LogP contribution in [0.2, 0.25) is 0 Å². The van der Waals surface area contributed by atoms with Crippen LogP contribution in [0.3, 0.4) is 0 Å². The van der Waals surface area contributed by atoms with Crippen LogP contribution in [0.15, 0.2) is 18.3 Å². The molecule has 19 heavy (non-hydrogen) atoms. The maximum atomic E-state index is 4.51. The Morgan fingerprint density at radius 3 is 3.05 bits per heavy atom. The van der Waals surface area contributed by atoms with E-state index in [0.717, 1.165) is 19.0 Å². The Hall–Kier alpha value is -0.930. The predicted octanol–water partition coefficient (Wildman–Crippen LogP) is 2.60. The maximum absolute atomic E-state index is 4.51. The molecule has 1 aromatic rings. The van der Waals surface area contributed by atoms with Gasteiger partial charge in [-0.2, -0.15) is 0 Å². The van der Waals surface area contributed by atoms with Crippen LogP contribution in [0.1, 0.15) is 37.9 Å². The molecule has 0 bridgehead atoms. The average molecular weight is 261 g/mol. The first-order valence-corrected chi connectivity index (χ1v) is 7.51. The second-order valence-electron chi connectivity index (χ2n) is 6.07. The molecule has 1 saturated heterocycles. The first-order valence-electron chi connectivity index (χ1n) is 7.51. The molecule has 1 aliphatic rings. The number of piperidine rings is 1. The SMILES string of the molecule is Cc1cccnc1CN1CCCC(CNC(C)C)C1. The molecule has 1 atom stereocenters. The summed E-state index contributed by atoms with van der Waals surface area (Å²) in [5.74, 6) is 0.792. The largest absolute Gasteiger partial charge is 0.314 e. The number of hydrogen-bond donors (Lipinski definition) is 1. The lowest BCUT2D eigenvalue weighted by Crippen LogP contribution is -2.40. The standard InChI is InChI=1S/C16H27N3/c1-13(2)18-10-15-7-5-9-19(11-15)12-16-14(3)6-4-8-17-16/h4,6,8,13,15,18H,5,7,9-12H2,1-3H3. The van der Waals surface area contributed by atoms with Gasteiger partial charge in [-0.3, -0.25) is 9.88 Å². The molecule has 1 aromatic heterocycles. The fourth-order valence-electron chi connectivity index (χ4n) is 2.76. The molecule has 1 unspecified atom stereocenters. The molecule has 1 fully saturated rings. The lowest BCUT2D eigenvalue weighted by Gasteiger charge is -2.33. The van der Waals surface area contributed by atoms with Crippen molar-refractivity contribution in [2.75, 3.05) is 19.6 Å². The minimum absolute atomic E-state index is 0.591. The molecule has 2 heterocycles. The van der Waals surface area contributed by atoms with Gasteiger partial charge in [-0.25, -0.2) is 0 Å². The summed E-state index contributed by atoms with van der Waals surface area (Å²) in [5.41, 5.74) is 2.55. The topological polar surface area (TPSA) is 28.2 Å². The average Bonchev–Trinajstić information content (AvgIpc) is 2.40. The van der Waals surface area contributed by atoms with Crippen LogP contribution in [0, 0.1) is 12.8 Å². The van der Waals surface area contributed by atoms with E-state index in [-0.39, 0.29) is 0 Å². The zero-order valence-electron chi connectivity index (χ0n) is 12.5. The molecular formula is C16H27N3. The molecule has 0 amide bonds. The molecule has 0 aliphatic carbocycles. The van der Waals surface area contributed by atoms with Gasteiger partial charge >= 0.3 is 0 Å². The molecule has 0 aromatic carbocycles. The van der Waals surface area contributed by atoms with Crippen molar-refractivity contribution in [3.8, 4) is 0 Å². The van der Waals surface area contributed by atoms with Gasteiger partial charge in [0, 0.05) is 25.3 Å². The smallest absolute Gasteiger partial charge is 0.0573 e. The number of nitrogens with one attached hydrogen (secondary N) is 1. The molecule has 0 radical (unpaired) electrons. The van der Waals surface area contributed by atoms with E-state index in [0.29, 0.717) is 6.04 Å². The Kier molecular flexibility index (Phi) is 5.34. The van der Waals surface area contributed by atoms with E-state index in [1.807, 2.05) is 12.3 Å². The summed E-state index contributed by atoms with van der Waals surface area (Å²) >= 11 is 0. The fraction of sp³-hybridized carbons (Fsp3) is 0.688. The highest BCUT2D eigenvalue weighted by molar-refractivity contribution is 5.17. The number of rotatable bonds is 5. The van der Waals surface area contributed by atoms with Crippen LogP contribution in [-0.2, 0) is 6.54 Å². The highest BCUT2D eigenvalue weighted by Gasteiger charge is 2.20. The highest BCUT2D eigenvalue weighted by Crippen LogP contribution is 2.18. The lowest BCUT2D eigenvalue weighted by molar-refractivity contribution is 0.162. The van der Waals surface area contributed by atoms with Gasteiger partial charge in [0.1, 0.15) is 0 Å². The van der Waals surface area contributed by atoms with Crippen molar-refractivity contribution >= 4 is 0 Å². The van der Waals surface area contributed by atoms with Crippen molar-refractivity contribution in [1.82, 2.24) is 15.2 Å². The van der Waals surface area contributed by atoms with Crippen LogP contribution in [0.5, 0.6) is 0 Å². The summed E-state index contributed by atoms with van der Waals surface area (Å²) in [6.45, 7) is 11.2. The molecule has 1 aliphatic heterocycles. The van der Waals surface area contributed by atoms with Gasteiger partial charge in [-0.15, -0.1) is 0 Å². The van der Waals surface area contributed by atoms with E-state index in [1.54, 1.807) is 0 Å². The van der Waals surface area contributed by atoms with Crippen molar-refractivity contribution in [3.63, 3.8) is 0 Å². The highest BCUT2D eigenvalue weighted by atomic mass is 15.1. The minimum atomic E-state index is 0.591. The third-order valence-corrected chi connectivity index (χ3v) is 3.91. The van der Waals surface area contributed by atoms with Crippen LogP contribution >= 0.6 is 0 Å². The Labute approximate surface area is 117 Å². The van der Waals surface area contributed by atoms with Gasteiger partial charge in [0.05, 0.1) is 5.69 Å². The Morgan fingerprint density at radius 2 is 2.32 bits per heavy atom. The van der Waals surface area contributed by atoms with Crippen LogP contribution in [0.4, 0.5) is 0 Å². The quantitative estimate of drug-likeness (QED) is 0.883. The number of aromatic nitrogens is 1. The number of likely N-dealkylation sites (tertiary alicyclic amines) is 1. The molecule has 0 saturated carbocycles. The summed E-state index contributed by atoms with van der Waals surface area (Å²) in [4.78, 5) is 7.08. The number of hydrogen-bond acceptors (Lipinski definition) is 3. The van der Waals surface area contributed by atoms with Crippen LogP contribution in [-0.4, -0.2) is 35.6 Å². The molecule has 0 spiro atoms. The van der Waals surface area contributed by atoms with Crippen molar-refractivity contribution in [2.24, 2.45) is 5.92 Å². The summed E-state index contributed by atoms with van der Waals surface area (Å²) in [5, 5.41) is 3.57. The normalized spacial score (nSPS) is 20.9. The van der Waals surface area contributed by atoms with Crippen molar-refractivity contribution in [1.29, 1.82) is 0 Å². The van der Waals surface area contributed by atoms with E-state index in [2.05, 4.69) is 42.0 Å². The van der Waals surface area contributed by atoms with Crippen molar-refractivity contribution in [3.05, 3.63) is 29.6 Å². The van der Waals surface area contributed by atoms with Gasteiger partial charge in [-0.05, 0) is 50.4 Å². The van der Waals surface area contributed by atoms with Crippen LogP contribution in [0.25, 0.3) is 0 Å². The van der Waals surface area contributed by atoms with E-state index in [4.69, 9.17) is 0 Å². The van der Waals surface area contributed by atoms with Gasteiger partial charge in [-0.1, -0.05) is 19.9 Å². The predicted molar refractivity (Wildman–Crippen MR) is 80.1 cm³/mol. The third-order valence-electron chi connectivity index (χ3n) is 3.91. The van der Waals surface area contributed by atoms with E-state index in [9.17, 15) is 0 Å². The van der Waals surface area contributed by atoms with Gasteiger partial charge in [0.15, 0.2) is 0 Å². The zero-order chi connectivity index (χ0) is 13.7. The van der Waals surface area contributed by atoms with Gasteiger partial charge in [0.25, 0.3) is 0 Å². The Balaban J connectivity index is 1.86. The van der Waals surface area contributed by atoms with E-state index >= 15 is 0 Å². The Bertz CT molecular complexity index is 389. The molecule has 1 N–H and O–H groups in total. The molecule has 3 heteroatoms. The van der Waals surface area contributed by atoms with Crippen molar-refractivity contribution < 1.29 is 0 Å². The third kappa shape index (κ3) is 4.59. The summed E-state index contributed by atoms with van der Waals surface area (Å²) in [6.07, 6.45) is 4.58. The second kappa shape index (κ2) is 7.01. The molecule has 2 rings (SSSR count). The summed E-state index contributed by atoms with van der Waals surface area (Å²) in [6, 6.07) is 4.77. The number of aryl methyl sites for hydroxylation is 1. The molecule has 3 nitrogen and oxygen atoms in total.